The number of rotatable bonds is 4. The highest BCUT2D eigenvalue weighted by atomic mass is 35.5. The van der Waals surface area contributed by atoms with Gasteiger partial charge in [-0.1, -0.05) is 29.8 Å². The average molecular weight is 466 g/mol. The standard InChI is InChI=1S/C20H21Cl2N5O4/c1-2-17(28)26-9-12(10-26)24-3-5-25(6-4-24)18(29)11-27-16-8-14(22)13(21)7-15(16)23-19(30)20(27)31/h2,7-8,12H,1,3-6,9-11H2,(H,23,30). The van der Waals surface area contributed by atoms with Crippen LogP contribution in [0.25, 0.3) is 11.0 Å². The third-order valence-corrected chi connectivity index (χ3v) is 6.56. The van der Waals surface area contributed by atoms with Crippen LogP contribution in [-0.4, -0.2) is 81.4 Å². The van der Waals surface area contributed by atoms with Gasteiger partial charge in [0.15, 0.2) is 0 Å². The number of nitrogens with one attached hydrogen (secondary N) is 1. The average Bonchev–Trinajstić information content (AvgIpc) is 2.72. The minimum atomic E-state index is -0.827. The van der Waals surface area contributed by atoms with E-state index in [-0.39, 0.29) is 34.4 Å². The summed E-state index contributed by atoms with van der Waals surface area (Å²) in [7, 11) is 0. The zero-order chi connectivity index (χ0) is 22.3. The Balaban J connectivity index is 1.44. The molecule has 0 spiro atoms. The molecular formula is C20H21Cl2N5O4. The highest BCUT2D eigenvalue weighted by molar-refractivity contribution is 6.42. The van der Waals surface area contributed by atoms with Gasteiger partial charge in [0.2, 0.25) is 11.8 Å². The Hall–Kier alpha value is -2.62. The normalized spacial score (nSPS) is 17.6. The lowest BCUT2D eigenvalue weighted by Crippen LogP contribution is -2.64. The van der Waals surface area contributed by atoms with Crippen molar-refractivity contribution in [3.63, 3.8) is 0 Å². The first kappa shape index (κ1) is 21.6. The van der Waals surface area contributed by atoms with Crippen LogP contribution >= 0.6 is 23.2 Å². The number of likely N-dealkylation sites (tertiary alicyclic amines) is 1. The predicted octanol–water partition coefficient (Wildman–Crippen LogP) is 0.538. The molecule has 4 rings (SSSR count). The van der Waals surface area contributed by atoms with Crippen LogP contribution in [0.15, 0.2) is 34.4 Å². The third kappa shape index (κ3) is 4.13. The molecule has 0 atom stereocenters. The van der Waals surface area contributed by atoms with Crippen molar-refractivity contribution in [2.24, 2.45) is 0 Å². The zero-order valence-electron chi connectivity index (χ0n) is 16.6. The number of carbonyl (C=O) groups is 2. The van der Waals surface area contributed by atoms with Gasteiger partial charge in [-0.2, -0.15) is 0 Å². The lowest BCUT2D eigenvalue weighted by Gasteiger charge is -2.47. The summed E-state index contributed by atoms with van der Waals surface area (Å²) in [5, 5.41) is 0.460. The fourth-order valence-electron chi connectivity index (χ4n) is 3.99. The molecule has 2 amide bonds. The molecule has 31 heavy (non-hydrogen) atoms. The fraction of sp³-hybridized carbons (Fsp3) is 0.400. The number of amides is 2. The van der Waals surface area contributed by atoms with E-state index in [1.54, 1.807) is 9.80 Å². The van der Waals surface area contributed by atoms with Gasteiger partial charge in [0.25, 0.3) is 0 Å². The van der Waals surface area contributed by atoms with Crippen LogP contribution in [0.5, 0.6) is 0 Å². The topological polar surface area (TPSA) is 98.7 Å². The Morgan fingerprint density at radius 3 is 2.35 bits per heavy atom. The second kappa shape index (κ2) is 8.49. The van der Waals surface area contributed by atoms with Crippen LogP contribution in [0.4, 0.5) is 0 Å². The van der Waals surface area contributed by atoms with Crippen LogP contribution in [0, 0.1) is 0 Å². The van der Waals surface area contributed by atoms with Crippen molar-refractivity contribution in [1.82, 2.24) is 24.3 Å². The molecule has 2 aromatic rings. The first-order valence-corrected chi connectivity index (χ1v) is 10.6. The van der Waals surface area contributed by atoms with Gasteiger partial charge in [-0.05, 0) is 18.2 Å². The van der Waals surface area contributed by atoms with Gasteiger partial charge < -0.3 is 14.8 Å². The summed E-state index contributed by atoms with van der Waals surface area (Å²) in [5.41, 5.74) is -0.973. The molecular weight excluding hydrogens is 445 g/mol. The molecule has 9 nitrogen and oxygen atoms in total. The monoisotopic (exact) mass is 465 g/mol. The number of aromatic amines is 1. The van der Waals surface area contributed by atoms with E-state index in [1.165, 1.54) is 18.2 Å². The first-order valence-electron chi connectivity index (χ1n) is 9.83. The van der Waals surface area contributed by atoms with Crippen LogP contribution in [-0.2, 0) is 16.1 Å². The maximum absolute atomic E-state index is 12.9. The van der Waals surface area contributed by atoms with E-state index in [9.17, 15) is 19.2 Å². The molecule has 0 aliphatic carbocycles. The number of hydrogen-bond acceptors (Lipinski definition) is 5. The molecule has 2 aliphatic rings. The second-order valence-corrected chi connectivity index (χ2v) is 8.46. The van der Waals surface area contributed by atoms with Crippen LogP contribution < -0.4 is 11.1 Å². The maximum Gasteiger partial charge on any atom is 0.317 e. The molecule has 1 N–H and O–H groups in total. The number of piperazine rings is 1. The molecule has 1 aromatic heterocycles. The highest BCUT2D eigenvalue weighted by Gasteiger charge is 2.35. The quantitative estimate of drug-likeness (QED) is 0.524. The number of H-pyrrole nitrogens is 1. The largest absolute Gasteiger partial charge is 0.339 e. The molecule has 2 fully saturated rings. The van der Waals surface area contributed by atoms with Gasteiger partial charge in [0.05, 0.1) is 21.1 Å². The number of hydrogen-bond donors (Lipinski definition) is 1. The van der Waals surface area contributed by atoms with Gasteiger partial charge in [-0.25, -0.2) is 0 Å². The number of nitrogens with zero attached hydrogens (tertiary/aromatic N) is 4. The number of carbonyl (C=O) groups excluding carboxylic acids is 2. The Morgan fingerprint density at radius 1 is 1.06 bits per heavy atom. The number of fused-ring (bicyclic) bond motifs is 1. The summed E-state index contributed by atoms with van der Waals surface area (Å²) < 4.78 is 1.13. The van der Waals surface area contributed by atoms with Crippen molar-refractivity contribution < 1.29 is 9.59 Å². The lowest BCUT2D eigenvalue weighted by atomic mass is 10.1. The van der Waals surface area contributed by atoms with Crippen LogP contribution in [0.1, 0.15) is 0 Å². The van der Waals surface area contributed by atoms with Gasteiger partial charge in [0.1, 0.15) is 6.54 Å². The van der Waals surface area contributed by atoms with E-state index in [1.807, 2.05) is 0 Å². The zero-order valence-corrected chi connectivity index (χ0v) is 18.2. The lowest BCUT2D eigenvalue weighted by molar-refractivity contribution is -0.137. The Labute approximate surface area is 187 Å². The Bertz CT molecular complexity index is 1180. The molecule has 11 heteroatoms. The van der Waals surface area contributed by atoms with Gasteiger partial charge >= 0.3 is 11.1 Å². The molecule has 0 bridgehead atoms. The van der Waals surface area contributed by atoms with E-state index >= 15 is 0 Å². The minimum Gasteiger partial charge on any atom is -0.339 e. The summed E-state index contributed by atoms with van der Waals surface area (Å²) in [6.07, 6.45) is 1.31. The molecule has 164 valence electrons. The highest BCUT2D eigenvalue weighted by Crippen LogP contribution is 2.26. The smallest absolute Gasteiger partial charge is 0.317 e. The number of halogens is 2. The van der Waals surface area contributed by atoms with E-state index < -0.39 is 11.1 Å². The van der Waals surface area contributed by atoms with Crippen LogP contribution in [0.2, 0.25) is 10.0 Å². The van der Waals surface area contributed by atoms with E-state index in [0.717, 1.165) is 4.57 Å². The van der Waals surface area contributed by atoms with Gasteiger partial charge in [0, 0.05) is 45.3 Å². The van der Waals surface area contributed by atoms with Gasteiger partial charge in [-0.15, -0.1) is 0 Å². The first-order chi connectivity index (χ1) is 14.8. The molecule has 0 saturated carbocycles. The molecule has 2 aliphatic heterocycles. The van der Waals surface area contributed by atoms with E-state index in [2.05, 4.69) is 16.5 Å². The molecule has 3 heterocycles. The van der Waals surface area contributed by atoms with Crippen molar-refractivity contribution in [2.45, 2.75) is 12.6 Å². The Morgan fingerprint density at radius 2 is 1.71 bits per heavy atom. The van der Waals surface area contributed by atoms with Gasteiger partial charge in [-0.3, -0.25) is 28.6 Å². The molecule has 2 saturated heterocycles. The third-order valence-electron chi connectivity index (χ3n) is 5.84. The molecule has 0 unspecified atom stereocenters. The minimum absolute atomic E-state index is 0.0676. The van der Waals surface area contributed by atoms with E-state index in [4.69, 9.17) is 23.2 Å². The maximum atomic E-state index is 12.9. The Kier molecular flexibility index (Phi) is 5.92. The van der Waals surface area contributed by atoms with Crippen molar-refractivity contribution >= 4 is 46.0 Å². The summed E-state index contributed by atoms with van der Waals surface area (Å²) in [5.74, 6) is -0.321. The number of benzene rings is 1. The summed E-state index contributed by atoms with van der Waals surface area (Å²) in [6, 6.07) is 3.21. The van der Waals surface area contributed by atoms with E-state index in [0.29, 0.717) is 50.3 Å². The second-order valence-electron chi connectivity index (χ2n) is 7.65. The van der Waals surface area contributed by atoms with Crippen molar-refractivity contribution in [2.75, 3.05) is 39.3 Å². The van der Waals surface area contributed by atoms with Crippen molar-refractivity contribution in [3.05, 3.63) is 55.5 Å². The summed E-state index contributed by atoms with van der Waals surface area (Å²) in [4.78, 5) is 57.1. The predicted molar refractivity (Wildman–Crippen MR) is 118 cm³/mol. The van der Waals surface area contributed by atoms with Crippen LogP contribution in [0.3, 0.4) is 0 Å². The van der Waals surface area contributed by atoms with Crippen molar-refractivity contribution in [1.29, 1.82) is 0 Å². The summed E-state index contributed by atoms with van der Waals surface area (Å²) >= 11 is 12.1. The molecule has 0 radical (unpaired) electrons. The van der Waals surface area contributed by atoms with Crippen molar-refractivity contribution in [3.8, 4) is 0 Å². The molecule has 1 aromatic carbocycles. The number of aromatic nitrogens is 2. The fourth-order valence-corrected chi connectivity index (χ4v) is 4.31. The SMILES string of the molecule is C=CC(=O)N1CC(N2CCN(C(=O)Cn3c(=O)c(=O)[nH]c4cc(Cl)c(Cl)cc43)CC2)C1. The summed E-state index contributed by atoms with van der Waals surface area (Å²) in [6.45, 7) is 6.93.